The van der Waals surface area contributed by atoms with E-state index in [2.05, 4.69) is 20.4 Å². The van der Waals surface area contributed by atoms with Crippen molar-refractivity contribution < 1.29 is 9.32 Å². The van der Waals surface area contributed by atoms with Crippen LogP contribution in [0.15, 0.2) is 51.9 Å². The summed E-state index contributed by atoms with van der Waals surface area (Å²) in [6.45, 7) is 3.89. The Morgan fingerprint density at radius 1 is 1.15 bits per heavy atom. The number of hydrogen-bond donors (Lipinski definition) is 1. The highest BCUT2D eigenvalue weighted by molar-refractivity contribution is 5.83. The first-order valence-corrected chi connectivity index (χ1v) is 11.2. The number of aromatic nitrogens is 4. The molecule has 1 amide bonds. The second-order valence-corrected chi connectivity index (χ2v) is 8.67. The molecule has 0 unspecified atom stereocenters. The number of amides is 1. The van der Waals surface area contributed by atoms with Crippen molar-refractivity contribution in [2.45, 2.75) is 52.1 Å². The van der Waals surface area contributed by atoms with Crippen LogP contribution in [0.4, 0.5) is 0 Å². The van der Waals surface area contributed by atoms with Crippen LogP contribution in [0.5, 0.6) is 0 Å². The van der Waals surface area contributed by atoms with Gasteiger partial charge in [0.15, 0.2) is 0 Å². The van der Waals surface area contributed by atoms with E-state index < -0.39 is 0 Å². The smallest absolute Gasteiger partial charge is 0.263 e. The molecule has 1 aromatic carbocycles. The van der Waals surface area contributed by atoms with Crippen LogP contribution < -0.4 is 10.7 Å². The number of carbonyl (C=O) groups is 1. The van der Waals surface area contributed by atoms with Crippen molar-refractivity contribution in [3.05, 3.63) is 64.1 Å². The summed E-state index contributed by atoms with van der Waals surface area (Å²) >= 11 is 0. The first kappa shape index (κ1) is 21.1. The predicted molar refractivity (Wildman–Crippen MR) is 125 cm³/mol. The minimum atomic E-state index is -0.260. The van der Waals surface area contributed by atoms with E-state index in [0.717, 1.165) is 42.5 Å². The number of pyridine rings is 2. The van der Waals surface area contributed by atoms with E-state index in [-0.39, 0.29) is 35.4 Å². The maximum absolute atomic E-state index is 13.3. The molecule has 8 heteroatoms. The minimum absolute atomic E-state index is 0.0512. The number of aryl methyl sites for hydroxylation is 2. The van der Waals surface area contributed by atoms with E-state index in [1.807, 2.05) is 38.1 Å². The molecule has 4 aromatic rings. The third-order valence-electron chi connectivity index (χ3n) is 6.03. The molecule has 168 valence electrons. The number of fused-ring (bicyclic) bond motifs is 1. The van der Waals surface area contributed by atoms with Crippen LogP contribution in [0.2, 0.25) is 0 Å². The second-order valence-electron chi connectivity index (χ2n) is 8.67. The average Bonchev–Trinajstić information content (AvgIpc) is 3.48. The van der Waals surface area contributed by atoms with E-state index in [9.17, 15) is 9.59 Å². The normalized spacial score (nSPS) is 14.1. The van der Waals surface area contributed by atoms with E-state index in [4.69, 9.17) is 4.52 Å². The molecule has 5 rings (SSSR count). The van der Waals surface area contributed by atoms with E-state index in [0.29, 0.717) is 16.9 Å². The summed E-state index contributed by atoms with van der Waals surface area (Å²) in [4.78, 5) is 35.0. The molecule has 1 aliphatic carbocycles. The highest BCUT2D eigenvalue weighted by Crippen LogP contribution is 2.23. The maximum atomic E-state index is 13.3. The van der Waals surface area contributed by atoms with Gasteiger partial charge >= 0.3 is 0 Å². The van der Waals surface area contributed by atoms with Gasteiger partial charge in [-0.3, -0.25) is 9.59 Å². The van der Waals surface area contributed by atoms with Crippen molar-refractivity contribution in [2.75, 3.05) is 0 Å². The van der Waals surface area contributed by atoms with Crippen LogP contribution in [0.3, 0.4) is 0 Å². The summed E-state index contributed by atoms with van der Waals surface area (Å²) in [5, 5.41) is 7.57. The Hall–Kier alpha value is -3.81. The van der Waals surface area contributed by atoms with Gasteiger partial charge in [0.05, 0.1) is 5.39 Å². The van der Waals surface area contributed by atoms with Gasteiger partial charge in [-0.1, -0.05) is 41.8 Å². The van der Waals surface area contributed by atoms with Crippen molar-refractivity contribution in [1.82, 2.24) is 25.0 Å². The quantitative estimate of drug-likeness (QED) is 0.503. The molecule has 1 N–H and O–H groups in total. The molecular formula is C25H25N5O3. The largest absolute Gasteiger partial charge is 0.352 e. The second kappa shape index (κ2) is 8.61. The number of rotatable bonds is 5. The zero-order valence-corrected chi connectivity index (χ0v) is 18.7. The van der Waals surface area contributed by atoms with E-state index in [1.54, 1.807) is 22.9 Å². The molecule has 0 atom stereocenters. The number of nitrogens with zero attached hydrogens (tertiary/aromatic N) is 4. The van der Waals surface area contributed by atoms with Crippen molar-refractivity contribution in [1.29, 1.82) is 0 Å². The zero-order valence-electron chi connectivity index (χ0n) is 18.7. The molecule has 1 saturated carbocycles. The fourth-order valence-corrected chi connectivity index (χ4v) is 4.37. The molecule has 8 nitrogen and oxygen atoms in total. The number of nitrogens with one attached hydrogen (secondary N) is 1. The van der Waals surface area contributed by atoms with Crippen LogP contribution in [0.1, 0.15) is 36.9 Å². The van der Waals surface area contributed by atoms with Crippen molar-refractivity contribution in [2.24, 2.45) is 0 Å². The summed E-state index contributed by atoms with van der Waals surface area (Å²) in [7, 11) is 0. The summed E-state index contributed by atoms with van der Waals surface area (Å²) < 4.78 is 7.16. The molecule has 0 saturated heterocycles. The Balaban J connectivity index is 1.55. The molecule has 1 fully saturated rings. The molecule has 0 aliphatic heterocycles. The van der Waals surface area contributed by atoms with Crippen LogP contribution in [-0.4, -0.2) is 31.6 Å². The van der Waals surface area contributed by atoms with Crippen molar-refractivity contribution in [3.63, 3.8) is 0 Å². The molecule has 1 aliphatic rings. The lowest BCUT2D eigenvalue weighted by Gasteiger charge is -2.15. The molecule has 0 bridgehead atoms. The Morgan fingerprint density at radius 3 is 2.76 bits per heavy atom. The molecule has 33 heavy (non-hydrogen) atoms. The summed E-state index contributed by atoms with van der Waals surface area (Å²) in [6.07, 6.45) is 5.87. The Labute approximate surface area is 190 Å². The zero-order chi connectivity index (χ0) is 22.9. The fraction of sp³-hybridized carbons (Fsp3) is 0.320. The monoisotopic (exact) mass is 443 g/mol. The lowest BCUT2D eigenvalue weighted by Crippen LogP contribution is -2.35. The van der Waals surface area contributed by atoms with Gasteiger partial charge in [0.25, 0.3) is 5.89 Å². The van der Waals surface area contributed by atoms with Crippen LogP contribution >= 0.6 is 0 Å². The number of benzene rings is 1. The minimum Gasteiger partial charge on any atom is -0.352 e. The van der Waals surface area contributed by atoms with Crippen LogP contribution in [0, 0.1) is 13.8 Å². The topological polar surface area (TPSA) is 103 Å². The van der Waals surface area contributed by atoms with Gasteiger partial charge < -0.3 is 14.4 Å². The van der Waals surface area contributed by atoms with Crippen molar-refractivity contribution in [3.8, 4) is 22.8 Å². The third kappa shape index (κ3) is 4.28. The van der Waals surface area contributed by atoms with Crippen LogP contribution in [0.25, 0.3) is 33.9 Å². The molecular weight excluding hydrogens is 418 g/mol. The Kier molecular flexibility index (Phi) is 5.50. The average molecular weight is 444 g/mol. The first-order chi connectivity index (χ1) is 16.0. The number of carbonyl (C=O) groups excluding carboxylic acids is 1. The van der Waals surface area contributed by atoms with Gasteiger partial charge in [-0.15, -0.1) is 0 Å². The van der Waals surface area contributed by atoms with E-state index in [1.165, 1.54) is 0 Å². The molecule has 3 aromatic heterocycles. The van der Waals surface area contributed by atoms with Gasteiger partial charge in [0, 0.05) is 23.5 Å². The predicted octanol–water partition coefficient (Wildman–Crippen LogP) is 3.79. The standard InChI is InChI=1S/C25H25N5O3/c1-15-6-5-7-17(12-15)23-28-25(33-29-23)20-13-30(14-21(31)27-18-8-3-4-9-18)24-19(22(20)32)11-10-16(2)26-24/h5-7,10-13,18H,3-4,8-9,14H2,1-2H3,(H,27,31). The number of hydrogen-bond acceptors (Lipinski definition) is 6. The Bertz CT molecular complexity index is 1400. The van der Waals surface area contributed by atoms with Crippen LogP contribution in [-0.2, 0) is 11.3 Å². The van der Waals surface area contributed by atoms with Gasteiger partial charge in [-0.2, -0.15) is 4.98 Å². The van der Waals surface area contributed by atoms with Gasteiger partial charge in [-0.05, 0) is 44.9 Å². The summed E-state index contributed by atoms with van der Waals surface area (Å²) in [5.74, 6) is 0.414. The molecule has 0 radical (unpaired) electrons. The van der Waals surface area contributed by atoms with Gasteiger partial charge in [0.1, 0.15) is 17.8 Å². The van der Waals surface area contributed by atoms with Crippen molar-refractivity contribution >= 4 is 16.9 Å². The summed E-state index contributed by atoms with van der Waals surface area (Å²) in [6, 6.07) is 11.5. The first-order valence-electron chi connectivity index (χ1n) is 11.2. The van der Waals surface area contributed by atoms with Gasteiger partial charge in [-0.25, -0.2) is 4.98 Å². The molecule has 3 heterocycles. The fourth-order valence-electron chi connectivity index (χ4n) is 4.37. The summed E-state index contributed by atoms with van der Waals surface area (Å²) in [5.41, 5.74) is 3.08. The Morgan fingerprint density at radius 2 is 1.97 bits per heavy atom. The highest BCUT2D eigenvalue weighted by Gasteiger charge is 2.21. The lowest BCUT2D eigenvalue weighted by atomic mass is 10.1. The third-order valence-corrected chi connectivity index (χ3v) is 6.03. The van der Waals surface area contributed by atoms with Gasteiger partial charge in [0.2, 0.25) is 17.2 Å². The van der Waals surface area contributed by atoms with E-state index >= 15 is 0 Å². The SMILES string of the molecule is Cc1cccc(-c2noc(-c3cn(CC(=O)NC4CCCC4)c4nc(C)ccc4c3=O)n2)c1. The highest BCUT2D eigenvalue weighted by atomic mass is 16.5. The molecule has 0 spiro atoms. The lowest BCUT2D eigenvalue weighted by molar-refractivity contribution is -0.122. The maximum Gasteiger partial charge on any atom is 0.263 e.